The Morgan fingerprint density at radius 1 is 0.971 bits per heavy atom. The standard InChI is InChI=1S/C26H31N5O2S/c1-20(19-30-12-14-31(15-13-30)23-9-3-2-4-10-23)28-26(33)29-22-8-5-7-21(17-22)25(32)27-18-24-11-6-16-34-24/h2-11,16-17,20H,12-15,18-19H2,1H3,(H,27,32)(H2,28,29,33). The largest absolute Gasteiger partial charge is 0.369 e. The molecule has 3 N–H and O–H groups in total. The van der Waals surface area contributed by atoms with E-state index in [2.05, 4.69) is 50.0 Å². The highest BCUT2D eigenvalue weighted by atomic mass is 32.1. The van der Waals surface area contributed by atoms with Crippen LogP contribution in [0.1, 0.15) is 22.2 Å². The molecule has 1 atom stereocenters. The van der Waals surface area contributed by atoms with E-state index in [4.69, 9.17) is 0 Å². The fourth-order valence-electron chi connectivity index (χ4n) is 4.07. The average Bonchev–Trinajstić information content (AvgIpc) is 3.37. The Kier molecular flexibility index (Phi) is 8.17. The number of carbonyl (C=O) groups excluding carboxylic acids is 2. The van der Waals surface area contributed by atoms with Crippen molar-refractivity contribution in [2.75, 3.05) is 42.9 Å². The Hall–Kier alpha value is -3.36. The van der Waals surface area contributed by atoms with Crippen LogP contribution in [0.25, 0.3) is 0 Å². The van der Waals surface area contributed by atoms with Gasteiger partial charge in [0.1, 0.15) is 0 Å². The van der Waals surface area contributed by atoms with Crippen LogP contribution < -0.4 is 20.9 Å². The van der Waals surface area contributed by atoms with Crippen LogP contribution in [0.4, 0.5) is 16.2 Å². The van der Waals surface area contributed by atoms with Crippen LogP contribution in [-0.2, 0) is 6.54 Å². The molecule has 0 spiro atoms. The van der Waals surface area contributed by atoms with Crippen molar-refractivity contribution in [2.24, 2.45) is 0 Å². The quantitative estimate of drug-likeness (QED) is 0.458. The first kappa shape index (κ1) is 23.8. The van der Waals surface area contributed by atoms with E-state index in [0.717, 1.165) is 37.6 Å². The molecule has 0 radical (unpaired) electrons. The highest BCUT2D eigenvalue weighted by Crippen LogP contribution is 2.16. The number of benzene rings is 2. The van der Waals surface area contributed by atoms with Crippen LogP contribution in [-0.4, -0.2) is 55.6 Å². The molecule has 178 valence electrons. The molecule has 4 rings (SSSR count). The molecule has 1 fully saturated rings. The molecule has 2 heterocycles. The molecule has 2 aromatic carbocycles. The van der Waals surface area contributed by atoms with E-state index in [1.54, 1.807) is 35.6 Å². The first-order chi connectivity index (χ1) is 16.6. The maximum Gasteiger partial charge on any atom is 0.319 e. The zero-order valence-electron chi connectivity index (χ0n) is 19.4. The normalized spacial score (nSPS) is 14.9. The minimum Gasteiger partial charge on any atom is -0.369 e. The first-order valence-corrected chi connectivity index (χ1v) is 12.5. The van der Waals surface area contributed by atoms with Gasteiger partial charge in [-0.05, 0) is 48.7 Å². The summed E-state index contributed by atoms with van der Waals surface area (Å²) in [5.74, 6) is -0.166. The summed E-state index contributed by atoms with van der Waals surface area (Å²) in [6.07, 6.45) is 0. The fraction of sp³-hybridized carbons (Fsp3) is 0.308. The van der Waals surface area contributed by atoms with Crippen molar-refractivity contribution in [3.63, 3.8) is 0 Å². The number of urea groups is 1. The summed E-state index contributed by atoms with van der Waals surface area (Å²) in [6, 6.07) is 21.1. The molecule has 7 nitrogen and oxygen atoms in total. The molecular formula is C26H31N5O2S. The SMILES string of the molecule is CC(CN1CCN(c2ccccc2)CC1)NC(=O)Nc1cccc(C(=O)NCc2cccs2)c1. The number of rotatable bonds is 8. The summed E-state index contributed by atoms with van der Waals surface area (Å²) < 4.78 is 0. The van der Waals surface area contributed by atoms with Gasteiger partial charge in [0, 0.05) is 60.6 Å². The zero-order valence-corrected chi connectivity index (χ0v) is 20.2. The summed E-state index contributed by atoms with van der Waals surface area (Å²) in [6.45, 7) is 7.18. The molecule has 1 saturated heterocycles. The third-order valence-electron chi connectivity index (χ3n) is 5.79. The van der Waals surface area contributed by atoms with Gasteiger partial charge in [0.2, 0.25) is 0 Å². The third-order valence-corrected chi connectivity index (χ3v) is 6.67. The van der Waals surface area contributed by atoms with E-state index in [0.29, 0.717) is 17.8 Å². The van der Waals surface area contributed by atoms with Crippen molar-refractivity contribution < 1.29 is 9.59 Å². The highest BCUT2D eigenvalue weighted by molar-refractivity contribution is 7.09. The maximum absolute atomic E-state index is 12.5. The number of carbonyl (C=O) groups is 2. The van der Waals surface area contributed by atoms with E-state index >= 15 is 0 Å². The van der Waals surface area contributed by atoms with Crippen molar-refractivity contribution in [3.05, 3.63) is 82.6 Å². The molecule has 1 unspecified atom stereocenters. The second kappa shape index (κ2) is 11.7. The van der Waals surface area contributed by atoms with E-state index in [-0.39, 0.29) is 18.0 Å². The lowest BCUT2D eigenvalue weighted by Gasteiger charge is -2.37. The number of nitrogens with zero attached hydrogens (tertiary/aromatic N) is 2. The maximum atomic E-state index is 12.5. The van der Waals surface area contributed by atoms with Gasteiger partial charge in [-0.15, -0.1) is 11.3 Å². The molecule has 3 amide bonds. The second-order valence-electron chi connectivity index (χ2n) is 8.47. The first-order valence-electron chi connectivity index (χ1n) is 11.6. The van der Waals surface area contributed by atoms with E-state index in [1.165, 1.54) is 5.69 Å². The Morgan fingerprint density at radius 2 is 1.76 bits per heavy atom. The molecule has 8 heteroatoms. The number of thiophene rings is 1. The minimum atomic E-state index is -0.272. The summed E-state index contributed by atoms with van der Waals surface area (Å²) in [7, 11) is 0. The molecular weight excluding hydrogens is 446 g/mol. The van der Waals surface area contributed by atoms with Crippen LogP contribution >= 0.6 is 11.3 Å². The lowest BCUT2D eigenvalue weighted by molar-refractivity contribution is 0.0951. The predicted molar refractivity (Wildman–Crippen MR) is 139 cm³/mol. The van der Waals surface area contributed by atoms with E-state index in [9.17, 15) is 9.59 Å². The third kappa shape index (κ3) is 6.82. The second-order valence-corrected chi connectivity index (χ2v) is 9.50. The number of anilines is 2. The smallest absolute Gasteiger partial charge is 0.319 e. The number of hydrogen-bond acceptors (Lipinski definition) is 5. The van der Waals surface area contributed by atoms with Crippen molar-refractivity contribution in [1.29, 1.82) is 0 Å². The van der Waals surface area contributed by atoms with Crippen LogP contribution in [0.15, 0.2) is 72.1 Å². The van der Waals surface area contributed by atoms with Gasteiger partial charge < -0.3 is 20.9 Å². The summed E-state index contributed by atoms with van der Waals surface area (Å²) >= 11 is 1.60. The summed E-state index contributed by atoms with van der Waals surface area (Å²) in [5, 5.41) is 10.7. The highest BCUT2D eigenvalue weighted by Gasteiger charge is 2.19. The Bertz CT molecular complexity index is 1070. The Balaban J connectivity index is 1.20. The van der Waals surface area contributed by atoms with Crippen molar-refractivity contribution in [2.45, 2.75) is 19.5 Å². The van der Waals surface area contributed by atoms with Gasteiger partial charge in [-0.1, -0.05) is 30.3 Å². The van der Waals surface area contributed by atoms with Gasteiger partial charge in [0.25, 0.3) is 5.91 Å². The summed E-state index contributed by atoms with van der Waals surface area (Å²) in [4.78, 5) is 30.8. The molecule has 0 aliphatic carbocycles. The van der Waals surface area contributed by atoms with Gasteiger partial charge >= 0.3 is 6.03 Å². The number of para-hydroxylation sites is 1. The van der Waals surface area contributed by atoms with E-state index in [1.807, 2.05) is 30.5 Å². The lowest BCUT2D eigenvalue weighted by Crippen LogP contribution is -2.51. The van der Waals surface area contributed by atoms with Gasteiger partial charge in [-0.25, -0.2) is 4.79 Å². The Morgan fingerprint density at radius 3 is 2.50 bits per heavy atom. The number of nitrogens with one attached hydrogen (secondary N) is 3. The number of hydrogen-bond donors (Lipinski definition) is 3. The van der Waals surface area contributed by atoms with Gasteiger partial charge in [-0.2, -0.15) is 0 Å². The lowest BCUT2D eigenvalue weighted by atomic mass is 10.2. The topological polar surface area (TPSA) is 76.7 Å². The number of piperazine rings is 1. The molecule has 34 heavy (non-hydrogen) atoms. The number of amides is 3. The minimum absolute atomic E-state index is 0.000512. The average molecular weight is 478 g/mol. The molecule has 1 aliphatic rings. The van der Waals surface area contributed by atoms with E-state index < -0.39 is 0 Å². The van der Waals surface area contributed by atoms with Crippen molar-refractivity contribution in [1.82, 2.24) is 15.5 Å². The van der Waals surface area contributed by atoms with Crippen molar-refractivity contribution in [3.8, 4) is 0 Å². The van der Waals surface area contributed by atoms with Gasteiger partial charge in [-0.3, -0.25) is 9.69 Å². The predicted octanol–water partition coefficient (Wildman–Crippen LogP) is 4.01. The Labute approximate surface area is 204 Å². The fourth-order valence-corrected chi connectivity index (χ4v) is 4.72. The molecule has 1 aromatic heterocycles. The van der Waals surface area contributed by atoms with Crippen LogP contribution in [0.5, 0.6) is 0 Å². The summed E-state index contributed by atoms with van der Waals surface area (Å²) in [5.41, 5.74) is 2.36. The zero-order chi connectivity index (χ0) is 23.8. The van der Waals surface area contributed by atoms with Gasteiger partial charge in [0.05, 0.1) is 6.54 Å². The molecule has 1 aliphatic heterocycles. The molecule has 3 aromatic rings. The molecule has 0 saturated carbocycles. The van der Waals surface area contributed by atoms with Crippen LogP contribution in [0.3, 0.4) is 0 Å². The van der Waals surface area contributed by atoms with Crippen molar-refractivity contribution >= 4 is 34.6 Å². The monoisotopic (exact) mass is 477 g/mol. The molecule has 0 bridgehead atoms. The van der Waals surface area contributed by atoms with Crippen LogP contribution in [0, 0.1) is 0 Å². The van der Waals surface area contributed by atoms with Crippen LogP contribution in [0.2, 0.25) is 0 Å². The van der Waals surface area contributed by atoms with Gasteiger partial charge in [0.15, 0.2) is 0 Å².